The van der Waals surface area contributed by atoms with Crippen molar-refractivity contribution in [3.63, 3.8) is 0 Å². The number of alkyl carbamates (subject to hydrolysis) is 2. The number of nitrogens with one attached hydrogen (secondary N) is 4. The Bertz CT molecular complexity index is 2020. The predicted octanol–water partition coefficient (Wildman–Crippen LogP) is 5.46. The first-order valence-electron chi connectivity index (χ1n) is 17.3. The highest BCUT2D eigenvalue weighted by Crippen LogP contribution is 2.44. The van der Waals surface area contributed by atoms with Gasteiger partial charge in [0.2, 0.25) is 5.91 Å². The number of esters is 1. The summed E-state index contributed by atoms with van der Waals surface area (Å²) in [4.78, 5) is 62.0. The molecule has 12 nitrogen and oxygen atoms in total. The first-order valence-corrected chi connectivity index (χ1v) is 17.3. The van der Waals surface area contributed by atoms with Crippen molar-refractivity contribution >= 4 is 42.4 Å². The van der Waals surface area contributed by atoms with Crippen LogP contribution in [0.5, 0.6) is 0 Å². The van der Waals surface area contributed by atoms with Gasteiger partial charge in [-0.05, 0) is 85.0 Å². The summed E-state index contributed by atoms with van der Waals surface area (Å²) in [7, 11) is 1.20. The molecule has 0 fully saturated rings. The Balaban J connectivity index is 0.00000673. The molecule has 0 saturated carbocycles. The fourth-order valence-corrected chi connectivity index (χ4v) is 5.70. The molecule has 0 radical (unpaired) electrons. The summed E-state index contributed by atoms with van der Waals surface area (Å²) in [6, 6.07) is 28.7. The minimum absolute atomic E-state index is 0. The van der Waals surface area contributed by atoms with Crippen molar-refractivity contribution in [3.05, 3.63) is 130 Å². The zero-order valence-corrected chi connectivity index (χ0v) is 31.7. The fraction of sp³-hybridized carbons (Fsp3) is 0.262. The van der Waals surface area contributed by atoms with Crippen LogP contribution in [-0.4, -0.2) is 68.4 Å². The Hall–Kier alpha value is -6.32. The van der Waals surface area contributed by atoms with Crippen LogP contribution in [0.3, 0.4) is 0 Å². The quantitative estimate of drug-likeness (QED) is 0.0890. The standard InChI is InChI=1S/C42H42N4O8.ClH/c1-42(2,3)54-41(51)45-25-37(47)43-23-29-17-15-27(16-18-29)13-14-28-19-21-30(22-20-28)38(48)46-36(39(49)52-4)24-44-40(50)53-26-35-33-11-7-5-9-31(33)32-10-6-8-12-34(32)35;/h5-12,15-22,35-36H,23-26H2,1-4H3,(H,43,47)(H,44,50)(H,45,51)(H,46,48);1H/t36-;/m0./s1. The lowest BCUT2D eigenvalue weighted by Crippen LogP contribution is -2.49. The van der Waals surface area contributed by atoms with Gasteiger partial charge in [0.05, 0.1) is 13.7 Å². The van der Waals surface area contributed by atoms with Gasteiger partial charge in [-0.2, -0.15) is 0 Å². The minimum atomic E-state index is -1.16. The lowest BCUT2D eigenvalue weighted by atomic mass is 9.98. The second-order valence-electron chi connectivity index (χ2n) is 13.4. The van der Waals surface area contributed by atoms with Crippen molar-refractivity contribution in [1.29, 1.82) is 0 Å². The van der Waals surface area contributed by atoms with Gasteiger partial charge in [0.15, 0.2) is 0 Å². The van der Waals surface area contributed by atoms with Crippen LogP contribution in [0.2, 0.25) is 0 Å². The molecule has 4 amide bonds. The molecular weight excluding hydrogens is 724 g/mol. The van der Waals surface area contributed by atoms with E-state index in [1.54, 1.807) is 45.0 Å². The molecule has 0 unspecified atom stereocenters. The number of benzene rings is 4. The number of halogens is 1. The van der Waals surface area contributed by atoms with E-state index in [0.717, 1.165) is 33.4 Å². The van der Waals surface area contributed by atoms with Crippen molar-refractivity contribution in [1.82, 2.24) is 21.3 Å². The van der Waals surface area contributed by atoms with Crippen LogP contribution in [0.1, 0.15) is 64.9 Å². The highest BCUT2D eigenvalue weighted by molar-refractivity contribution is 5.97. The van der Waals surface area contributed by atoms with Crippen molar-refractivity contribution < 1.29 is 38.2 Å². The smallest absolute Gasteiger partial charge is 0.408 e. The van der Waals surface area contributed by atoms with E-state index in [0.29, 0.717) is 5.56 Å². The number of carbonyl (C=O) groups is 5. The summed E-state index contributed by atoms with van der Waals surface area (Å²) in [6.07, 6.45) is -1.39. The molecule has 5 rings (SSSR count). The molecule has 0 bridgehead atoms. The number of methoxy groups -OCH3 is 1. The lowest BCUT2D eigenvalue weighted by Gasteiger charge is -2.19. The van der Waals surface area contributed by atoms with E-state index in [9.17, 15) is 24.0 Å². The van der Waals surface area contributed by atoms with Crippen LogP contribution in [0.15, 0.2) is 97.1 Å². The summed E-state index contributed by atoms with van der Waals surface area (Å²) in [6.45, 7) is 5.15. The maximum absolute atomic E-state index is 13.0. The van der Waals surface area contributed by atoms with Crippen LogP contribution in [-0.2, 0) is 30.3 Å². The number of fused-ring (bicyclic) bond motifs is 3. The van der Waals surface area contributed by atoms with Crippen LogP contribution < -0.4 is 21.3 Å². The van der Waals surface area contributed by atoms with Gasteiger partial charge in [0.1, 0.15) is 24.8 Å². The average Bonchev–Trinajstić information content (AvgIpc) is 3.49. The topological polar surface area (TPSA) is 161 Å². The molecule has 55 heavy (non-hydrogen) atoms. The summed E-state index contributed by atoms with van der Waals surface area (Å²) in [5, 5.41) is 10.3. The van der Waals surface area contributed by atoms with E-state index in [1.165, 1.54) is 7.11 Å². The molecule has 286 valence electrons. The Morgan fingerprint density at radius 3 is 1.85 bits per heavy atom. The largest absolute Gasteiger partial charge is 0.467 e. The zero-order chi connectivity index (χ0) is 38.7. The molecule has 0 aromatic heterocycles. The summed E-state index contributed by atoms with van der Waals surface area (Å²) < 4.78 is 15.5. The highest BCUT2D eigenvalue weighted by Gasteiger charge is 2.29. The van der Waals surface area contributed by atoms with Gasteiger partial charge in [-0.3, -0.25) is 9.59 Å². The van der Waals surface area contributed by atoms with E-state index in [2.05, 4.69) is 33.1 Å². The Morgan fingerprint density at radius 2 is 1.29 bits per heavy atom. The number of carbonyl (C=O) groups excluding carboxylic acids is 5. The maximum Gasteiger partial charge on any atom is 0.408 e. The second kappa shape index (κ2) is 19.1. The summed E-state index contributed by atoms with van der Waals surface area (Å²) in [5.74, 6) is 4.36. The molecule has 1 atom stereocenters. The van der Waals surface area contributed by atoms with E-state index >= 15 is 0 Å². The fourth-order valence-electron chi connectivity index (χ4n) is 5.70. The van der Waals surface area contributed by atoms with E-state index in [4.69, 9.17) is 14.2 Å². The van der Waals surface area contributed by atoms with Crippen LogP contribution >= 0.6 is 12.4 Å². The maximum atomic E-state index is 13.0. The predicted molar refractivity (Wildman–Crippen MR) is 209 cm³/mol. The number of hydrogen-bond acceptors (Lipinski definition) is 8. The summed E-state index contributed by atoms with van der Waals surface area (Å²) >= 11 is 0. The SMILES string of the molecule is COC(=O)[C@H](CNC(=O)OCC1c2ccccc2-c2ccccc21)NC(=O)c1ccc(C#Cc2ccc(CNC(=O)CNC(=O)OC(C)(C)C)cc2)cc1.Cl. The van der Waals surface area contributed by atoms with Gasteiger partial charge in [-0.1, -0.05) is 72.5 Å². The molecule has 4 N–H and O–H groups in total. The van der Waals surface area contributed by atoms with Gasteiger partial charge in [0, 0.05) is 29.2 Å². The van der Waals surface area contributed by atoms with Crippen LogP contribution in [0.4, 0.5) is 9.59 Å². The number of amides is 4. The lowest BCUT2D eigenvalue weighted by molar-refractivity contribution is -0.142. The normalized spacial score (nSPS) is 11.9. The van der Waals surface area contributed by atoms with Crippen molar-refractivity contribution in [3.8, 4) is 23.0 Å². The third kappa shape index (κ3) is 11.8. The third-order valence-electron chi connectivity index (χ3n) is 8.32. The molecule has 0 spiro atoms. The molecule has 4 aromatic carbocycles. The molecule has 0 saturated heterocycles. The number of ether oxygens (including phenoxy) is 3. The molecule has 13 heteroatoms. The molecule has 4 aromatic rings. The Labute approximate surface area is 326 Å². The van der Waals surface area contributed by atoms with Crippen LogP contribution in [0.25, 0.3) is 11.1 Å². The van der Waals surface area contributed by atoms with E-state index in [-0.39, 0.29) is 56.0 Å². The van der Waals surface area contributed by atoms with Gasteiger partial charge in [0.25, 0.3) is 5.91 Å². The second-order valence-corrected chi connectivity index (χ2v) is 13.4. The van der Waals surface area contributed by atoms with E-state index < -0.39 is 35.7 Å². The molecule has 1 aliphatic carbocycles. The van der Waals surface area contributed by atoms with Gasteiger partial charge in [-0.25, -0.2) is 14.4 Å². The van der Waals surface area contributed by atoms with Gasteiger partial charge >= 0.3 is 18.2 Å². The minimum Gasteiger partial charge on any atom is -0.467 e. The van der Waals surface area contributed by atoms with Crippen LogP contribution in [0, 0.1) is 11.8 Å². The Kier molecular flexibility index (Phi) is 14.4. The molecule has 1 aliphatic rings. The van der Waals surface area contributed by atoms with Crippen molar-refractivity contribution in [2.24, 2.45) is 0 Å². The molecule has 0 aliphatic heterocycles. The zero-order valence-electron chi connectivity index (χ0n) is 30.9. The van der Waals surface area contributed by atoms with E-state index in [1.807, 2.05) is 72.8 Å². The molecular formula is C42H43ClN4O8. The highest BCUT2D eigenvalue weighted by atomic mass is 35.5. The monoisotopic (exact) mass is 766 g/mol. The third-order valence-corrected chi connectivity index (χ3v) is 8.32. The number of rotatable bonds is 11. The molecule has 0 heterocycles. The average molecular weight is 767 g/mol. The Morgan fingerprint density at radius 1 is 0.727 bits per heavy atom. The first-order chi connectivity index (χ1) is 25.9. The summed E-state index contributed by atoms with van der Waals surface area (Å²) in [5.41, 5.74) is 6.23. The van der Waals surface area contributed by atoms with Crippen molar-refractivity contribution in [2.75, 3.05) is 26.8 Å². The van der Waals surface area contributed by atoms with Gasteiger partial charge in [-0.15, -0.1) is 12.4 Å². The van der Waals surface area contributed by atoms with Crippen molar-refractivity contribution in [2.45, 2.75) is 44.9 Å². The first kappa shape index (κ1) is 41.4. The number of hydrogen-bond donors (Lipinski definition) is 4. The van der Waals surface area contributed by atoms with Gasteiger partial charge < -0.3 is 35.5 Å².